The molecule has 8 nitrogen and oxygen atoms in total. The molecule has 2 saturated heterocycles. The van der Waals surface area contributed by atoms with Crippen LogP contribution in [0.1, 0.15) is 73.1 Å². The van der Waals surface area contributed by atoms with Crippen LogP contribution in [-0.2, 0) is 19.1 Å². The van der Waals surface area contributed by atoms with Gasteiger partial charge in [-0.2, -0.15) is 0 Å². The second-order valence-electron chi connectivity index (χ2n) is 12.8. The molecular formula is C29H54N4O4. The third kappa shape index (κ3) is 7.68. The Labute approximate surface area is 225 Å². The van der Waals surface area contributed by atoms with E-state index >= 15 is 0 Å². The maximum atomic E-state index is 14.1. The molecule has 2 heterocycles. The summed E-state index contributed by atoms with van der Waals surface area (Å²) < 4.78 is 12.7. The molecule has 0 aromatic carbocycles. The van der Waals surface area contributed by atoms with E-state index in [9.17, 15) is 9.59 Å². The molecule has 1 saturated carbocycles. The molecule has 3 rings (SSSR count). The quantitative estimate of drug-likeness (QED) is 0.554. The first-order valence-electron chi connectivity index (χ1n) is 14.7. The summed E-state index contributed by atoms with van der Waals surface area (Å²) in [6.45, 7) is 14.8. The van der Waals surface area contributed by atoms with E-state index in [2.05, 4.69) is 58.9 Å². The molecular weight excluding hydrogens is 468 g/mol. The molecule has 2 aliphatic heterocycles. The molecule has 0 bridgehead atoms. The van der Waals surface area contributed by atoms with Gasteiger partial charge in [-0.25, -0.2) is 0 Å². The molecule has 2 amide bonds. The standard InChI is InChI=1S/C29H54N4O4/c1-21(2)16-24-27(34)33(13-12-30-24)25(17-22(3)4)28(35)32-14-15-36-19-29(20-37-18-23(32)5)11-9-8-10-26(29)31(6)7/h21-26,30H,8-20H2,1-7H3/t23-,24-,25-,26?,29?/m0/s1. The van der Waals surface area contributed by atoms with Gasteiger partial charge >= 0.3 is 0 Å². The highest BCUT2D eigenvalue weighted by molar-refractivity contribution is 5.90. The van der Waals surface area contributed by atoms with Gasteiger partial charge in [-0.1, -0.05) is 40.5 Å². The minimum absolute atomic E-state index is 0.00642. The number of amides is 2. The normalized spacial score (nSPS) is 31.4. The van der Waals surface area contributed by atoms with E-state index in [4.69, 9.17) is 9.47 Å². The predicted octanol–water partition coefficient (Wildman–Crippen LogP) is 3.00. The van der Waals surface area contributed by atoms with Crippen LogP contribution in [0.5, 0.6) is 0 Å². The lowest BCUT2D eigenvalue weighted by molar-refractivity contribution is -0.154. The number of carbonyl (C=O) groups excluding carboxylic acids is 2. The third-order valence-electron chi connectivity index (χ3n) is 8.55. The van der Waals surface area contributed by atoms with Crippen molar-refractivity contribution >= 4 is 11.8 Å². The zero-order valence-corrected chi connectivity index (χ0v) is 24.6. The van der Waals surface area contributed by atoms with Crippen molar-refractivity contribution in [3.63, 3.8) is 0 Å². The zero-order valence-electron chi connectivity index (χ0n) is 24.6. The first kappa shape index (κ1) is 30.3. The second-order valence-corrected chi connectivity index (χ2v) is 12.8. The summed E-state index contributed by atoms with van der Waals surface area (Å²) in [5.74, 6) is 0.814. The molecule has 3 fully saturated rings. The van der Waals surface area contributed by atoms with Crippen LogP contribution >= 0.6 is 0 Å². The van der Waals surface area contributed by atoms with Crippen LogP contribution in [-0.4, -0.2) is 111 Å². The fourth-order valence-electron chi connectivity index (χ4n) is 6.70. The molecule has 37 heavy (non-hydrogen) atoms. The van der Waals surface area contributed by atoms with E-state index in [0.29, 0.717) is 63.8 Å². The Morgan fingerprint density at radius 2 is 1.84 bits per heavy atom. The van der Waals surface area contributed by atoms with E-state index in [-0.39, 0.29) is 29.3 Å². The Hall–Kier alpha value is -1.22. The Bertz CT molecular complexity index is 745. The van der Waals surface area contributed by atoms with Gasteiger partial charge in [0.05, 0.1) is 38.5 Å². The van der Waals surface area contributed by atoms with Gasteiger partial charge in [0.15, 0.2) is 0 Å². The SMILES string of the molecule is CC(C)C[C@@H]1NCCN([C@@H](CC(C)C)C(=O)N2CCOCC3(CCCCC3N(C)C)COC[C@@H]2C)C1=O. The fraction of sp³-hybridized carbons (Fsp3) is 0.931. The van der Waals surface area contributed by atoms with Gasteiger partial charge in [0.25, 0.3) is 0 Å². The Kier molecular flexibility index (Phi) is 11.2. The smallest absolute Gasteiger partial charge is 0.245 e. The number of hydrogen-bond donors (Lipinski definition) is 1. The highest BCUT2D eigenvalue weighted by Gasteiger charge is 2.44. The van der Waals surface area contributed by atoms with E-state index in [1.54, 1.807) is 0 Å². The largest absolute Gasteiger partial charge is 0.379 e. The summed E-state index contributed by atoms with van der Waals surface area (Å²) in [4.78, 5) is 33.7. The van der Waals surface area contributed by atoms with Crippen molar-refractivity contribution in [3.05, 3.63) is 0 Å². The number of rotatable bonds is 7. The van der Waals surface area contributed by atoms with E-state index < -0.39 is 6.04 Å². The molecule has 1 spiro atoms. The molecule has 2 unspecified atom stereocenters. The van der Waals surface area contributed by atoms with Gasteiger partial charge in [-0.05, 0) is 58.5 Å². The monoisotopic (exact) mass is 522 g/mol. The number of nitrogens with zero attached hydrogens (tertiary/aromatic N) is 3. The lowest BCUT2D eigenvalue weighted by Gasteiger charge is -2.48. The lowest BCUT2D eigenvalue weighted by Crippen LogP contribution is -2.63. The van der Waals surface area contributed by atoms with Crippen molar-refractivity contribution in [1.82, 2.24) is 20.0 Å². The summed E-state index contributed by atoms with van der Waals surface area (Å²) in [5, 5.41) is 3.38. The molecule has 1 N–H and O–H groups in total. The molecule has 5 atom stereocenters. The average Bonchev–Trinajstić information content (AvgIpc) is 2.83. The summed E-state index contributed by atoms with van der Waals surface area (Å²) in [6.07, 6.45) is 6.21. The molecule has 214 valence electrons. The highest BCUT2D eigenvalue weighted by Crippen LogP contribution is 2.40. The summed E-state index contributed by atoms with van der Waals surface area (Å²) in [7, 11) is 4.33. The third-order valence-corrected chi connectivity index (χ3v) is 8.55. The van der Waals surface area contributed by atoms with Crippen LogP contribution in [0, 0.1) is 17.3 Å². The van der Waals surface area contributed by atoms with Gasteiger partial charge in [0, 0.05) is 31.1 Å². The Balaban J connectivity index is 1.74. The van der Waals surface area contributed by atoms with E-state index in [0.717, 1.165) is 19.4 Å². The summed E-state index contributed by atoms with van der Waals surface area (Å²) >= 11 is 0. The van der Waals surface area contributed by atoms with Crippen molar-refractivity contribution in [2.45, 2.75) is 97.3 Å². The Morgan fingerprint density at radius 1 is 1.11 bits per heavy atom. The van der Waals surface area contributed by atoms with Crippen LogP contribution in [0.15, 0.2) is 0 Å². The number of ether oxygens (including phenoxy) is 2. The van der Waals surface area contributed by atoms with Crippen LogP contribution < -0.4 is 5.32 Å². The predicted molar refractivity (Wildman–Crippen MR) is 147 cm³/mol. The minimum atomic E-state index is -0.447. The van der Waals surface area contributed by atoms with Crippen LogP contribution in [0.25, 0.3) is 0 Å². The topological polar surface area (TPSA) is 74.3 Å². The fourth-order valence-corrected chi connectivity index (χ4v) is 6.70. The summed E-state index contributed by atoms with van der Waals surface area (Å²) in [5.41, 5.74) is 0.00642. The molecule has 0 aromatic rings. The second kappa shape index (κ2) is 13.7. The molecule has 0 aromatic heterocycles. The van der Waals surface area contributed by atoms with Crippen molar-refractivity contribution < 1.29 is 19.1 Å². The molecule has 8 heteroatoms. The van der Waals surface area contributed by atoms with E-state index in [1.165, 1.54) is 19.3 Å². The van der Waals surface area contributed by atoms with Gasteiger partial charge in [-0.15, -0.1) is 0 Å². The van der Waals surface area contributed by atoms with Crippen molar-refractivity contribution in [1.29, 1.82) is 0 Å². The van der Waals surface area contributed by atoms with Crippen LogP contribution in [0.4, 0.5) is 0 Å². The average molecular weight is 523 g/mol. The maximum absolute atomic E-state index is 14.1. The Morgan fingerprint density at radius 3 is 2.51 bits per heavy atom. The summed E-state index contributed by atoms with van der Waals surface area (Å²) in [6, 6.07) is -0.290. The lowest BCUT2D eigenvalue weighted by atomic mass is 9.70. The number of piperazine rings is 1. The molecule has 3 aliphatic rings. The first-order chi connectivity index (χ1) is 17.6. The van der Waals surface area contributed by atoms with Crippen molar-refractivity contribution in [2.75, 3.05) is 60.2 Å². The zero-order chi connectivity index (χ0) is 27.2. The molecule has 1 aliphatic carbocycles. The van der Waals surface area contributed by atoms with Crippen molar-refractivity contribution in [2.24, 2.45) is 17.3 Å². The number of hydrogen-bond acceptors (Lipinski definition) is 6. The van der Waals surface area contributed by atoms with Crippen LogP contribution in [0.2, 0.25) is 0 Å². The van der Waals surface area contributed by atoms with Gasteiger partial charge in [-0.3, -0.25) is 9.59 Å². The number of nitrogens with one attached hydrogen (secondary N) is 1. The van der Waals surface area contributed by atoms with E-state index in [1.807, 2.05) is 9.80 Å². The van der Waals surface area contributed by atoms with Gasteiger partial charge in [0.1, 0.15) is 6.04 Å². The van der Waals surface area contributed by atoms with Crippen molar-refractivity contribution in [3.8, 4) is 0 Å². The van der Waals surface area contributed by atoms with Gasteiger partial charge < -0.3 is 29.5 Å². The maximum Gasteiger partial charge on any atom is 0.245 e. The highest BCUT2D eigenvalue weighted by atomic mass is 16.5. The molecule has 0 radical (unpaired) electrons. The number of carbonyl (C=O) groups is 2. The van der Waals surface area contributed by atoms with Gasteiger partial charge in [0.2, 0.25) is 11.8 Å². The minimum Gasteiger partial charge on any atom is -0.379 e. The van der Waals surface area contributed by atoms with Crippen LogP contribution in [0.3, 0.4) is 0 Å². The first-order valence-corrected chi connectivity index (χ1v) is 14.7.